The molecule has 0 aromatic carbocycles. The van der Waals surface area contributed by atoms with Crippen LogP contribution >= 0.6 is 11.6 Å². The number of aromatic nitrogens is 1. The van der Waals surface area contributed by atoms with E-state index in [9.17, 15) is 0 Å². The van der Waals surface area contributed by atoms with Gasteiger partial charge in [0, 0.05) is 12.2 Å². The predicted octanol–water partition coefficient (Wildman–Crippen LogP) is 3.58. The number of pyridine rings is 1. The van der Waals surface area contributed by atoms with Gasteiger partial charge in [-0.1, -0.05) is 32.4 Å². The first-order valence-corrected chi connectivity index (χ1v) is 5.39. The van der Waals surface area contributed by atoms with Gasteiger partial charge in [-0.05, 0) is 18.4 Å². The molecule has 1 unspecified atom stereocenters. The summed E-state index contributed by atoms with van der Waals surface area (Å²) in [6.07, 6.45) is 4.56. The second-order valence-electron chi connectivity index (χ2n) is 3.76. The minimum Gasteiger partial charge on any atom is -0.380 e. The van der Waals surface area contributed by atoms with Gasteiger partial charge in [-0.3, -0.25) is 4.98 Å². The van der Waals surface area contributed by atoms with Crippen molar-refractivity contribution >= 4 is 17.3 Å². The summed E-state index contributed by atoms with van der Waals surface area (Å²) in [5.41, 5.74) is 0.926. The molecule has 0 spiro atoms. The van der Waals surface area contributed by atoms with Gasteiger partial charge in [-0.2, -0.15) is 0 Å². The summed E-state index contributed by atoms with van der Waals surface area (Å²) in [7, 11) is 0. The molecule has 1 N–H and O–H groups in total. The van der Waals surface area contributed by atoms with E-state index in [-0.39, 0.29) is 0 Å². The molecule has 0 aliphatic carbocycles. The van der Waals surface area contributed by atoms with Gasteiger partial charge < -0.3 is 5.32 Å². The van der Waals surface area contributed by atoms with Crippen LogP contribution in [0.5, 0.6) is 0 Å². The Kier molecular flexibility index (Phi) is 4.21. The Hall–Kier alpha value is -0.760. The number of nitrogens with zero attached hydrogens (tertiary/aromatic N) is 1. The van der Waals surface area contributed by atoms with Crippen molar-refractivity contribution in [2.45, 2.75) is 33.2 Å². The van der Waals surface area contributed by atoms with Crippen molar-refractivity contribution in [3.05, 3.63) is 23.5 Å². The van der Waals surface area contributed by atoms with Crippen molar-refractivity contribution in [1.82, 2.24) is 4.98 Å². The number of hydrogen-bond acceptors (Lipinski definition) is 2. The standard InChI is InChI=1S/C11H17ClN2/c1-4-10(8(2)3)14-11-7-13-6-5-9(11)12/h5-8,10,14H,4H2,1-3H3. The lowest BCUT2D eigenvalue weighted by Gasteiger charge is -2.22. The zero-order valence-electron chi connectivity index (χ0n) is 8.92. The molecule has 0 amide bonds. The van der Waals surface area contributed by atoms with E-state index in [0.717, 1.165) is 17.1 Å². The Labute approximate surface area is 90.7 Å². The van der Waals surface area contributed by atoms with E-state index in [4.69, 9.17) is 11.6 Å². The van der Waals surface area contributed by atoms with E-state index in [1.807, 2.05) is 0 Å². The summed E-state index contributed by atoms with van der Waals surface area (Å²) in [4.78, 5) is 4.05. The van der Waals surface area contributed by atoms with Gasteiger partial charge in [0.05, 0.1) is 16.9 Å². The maximum atomic E-state index is 6.03. The fraction of sp³-hybridized carbons (Fsp3) is 0.545. The average Bonchev–Trinajstić information content (AvgIpc) is 2.16. The third kappa shape index (κ3) is 2.88. The second kappa shape index (κ2) is 5.20. The third-order valence-corrected chi connectivity index (χ3v) is 2.68. The lowest BCUT2D eigenvalue weighted by atomic mass is 10.0. The third-order valence-electron chi connectivity index (χ3n) is 2.35. The summed E-state index contributed by atoms with van der Waals surface area (Å²) in [6, 6.07) is 2.26. The van der Waals surface area contributed by atoms with Crippen molar-refractivity contribution in [2.24, 2.45) is 5.92 Å². The van der Waals surface area contributed by atoms with Crippen LogP contribution in [0.3, 0.4) is 0 Å². The van der Waals surface area contributed by atoms with Crippen LogP contribution in [0.4, 0.5) is 5.69 Å². The van der Waals surface area contributed by atoms with Gasteiger partial charge in [-0.25, -0.2) is 0 Å². The van der Waals surface area contributed by atoms with Crippen LogP contribution in [0.25, 0.3) is 0 Å². The van der Waals surface area contributed by atoms with Crippen LogP contribution in [0, 0.1) is 5.92 Å². The zero-order valence-corrected chi connectivity index (χ0v) is 9.67. The highest BCUT2D eigenvalue weighted by Crippen LogP contribution is 2.22. The first-order chi connectivity index (χ1) is 6.65. The number of rotatable bonds is 4. The zero-order chi connectivity index (χ0) is 10.6. The maximum absolute atomic E-state index is 6.03. The molecular weight excluding hydrogens is 196 g/mol. The van der Waals surface area contributed by atoms with E-state index < -0.39 is 0 Å². The summed E-state index contributed by atoms with van der Waals surface area (Å²) in [5, 5.41) is 4.14. The van der Waals surface area contributed by atoms with E-state index in [1.165, 1.54) is 0 Å². The Morgan fingerprint density at radius 2 is 2.21 bits per heavy atom. The fourth-order valence-corrected chi connectivity index (χ4v) is 1.58. The minimum atomic E-state index is 0.455. The first-order valence-electron chi connectivity index (χ1n) is 5.01. The largest absolute Gasteiger partial charge is 0.380 e. The van der Waals surface area contributed by atoms with Crippen molar-refractivity contribution in [2.75, 3.05) is 5.32 Å². The molecule has 78 valence electrons. The second-order valence-corrected chi connectivity index (χ2v) is 4.17. The molecule has 14 heavy (non-hydrogen) atoms. The highest BCUT2D eigenvalue weighted by atomic mass is 35.5. The average molecular weight is 213 g/mol. The van der Waals surface area contributed by atoms with E-state index >= 15 is 0 Å². The van der Waals surface area contributed by atoms with Crippen LogP contribution < -0.4 is 5.32 Å². The molecule has 2 nitrogen and oxygen atoms in total. The molecule has 0 fully saturated rings. The maximum Gasteiger partial charge on any atom is 0.0718 e. The van der Waals surface area contributed by atoms with Gasteiger partial charge in [0.25, 0.3) is 0 Å². The monoisotopic (exact) mass is 212 g/mol. The van der Waals surface area contributed by atoms with Gasteiger partial charge >= 0.3 is 0 Å². The molecular formula is C11H17ClN2. The lowest BCUT2D eigenvalue weighted by molar-refractivity contribution is 0.511. The SMILES string of the molecule is CCC(Nc1cnccc1Cl)C(C)C. The van der Waals surface area contributed by atoms with E-state index in [2.05, 4.69) is 31.1 Å². The first kappa shape index (κ1) is 11.3. The molecule has 1 atom stereocenters. The summed E-state index contributed by atoms with van der Waals surface area (Å²) < 4.78 is 0. The molecule has 0 radical (unpaired) electrons. The summed E-state index contributed by atoms with van der Waals surface area (Å²) in [6.45, 7) is 6.57. The number of nitrogens with one attached hydrogen (secondary N) is 1. The smallest absolute Gasteiger partial charge is 0.0718 e. The van der Waals surface area contributed by atoms with Gasteiger partial charge in [-0.15, -0.1) is 0 Å². The minimum absolute atomic E-state index is 0.455. The lowest BCUT2D eigenvalue weighted by Crippen LogP contribution is -2.24. The highest BCUT2D eigenvalue weighted by Gasteiger charge is 2.11. The van der Waals surface area contributed by atoms with Crippen LogP contribution in [-0.2, 0) is 0 Å². The van der Waals surface area contributed by atoms with Gasteiger partial charge in [0.2, 0.25) is 0 Å². The molecule has 0 saturated heterocycles. The van der Waals surface area contributed by atoms with Crippen LogP contribution in [0.2, 0.25) is 5.02 Å². The Balaban J connectivity index is 2.72. The summed E-state index contributed by atoms with van der Waals surface area (Å²) in [5.74, 6) is 0.594. The molecule has 1 aromatic rings. The van der Waals surface area contributed by atoms with E-state index in [0.29, 0.717) is 12.0 Å². The van der Waals surface area contributed by atoms with Crippen LogP contribution in [-0.4, -0.2) is 11.0 Å². The van der Waals surface area contributed by atoms with Gasteiger partial charge in [0.1, 0.15) is 0 Å². The number of hydrogen-bond donors (Lipinski definition) is 1. The van der Waals surface area contributed by atoms with Crippen LogP contribution in [0.1, 0.15) is 27.2 Å². The number of anilines is 1. The Bertz CT molecular complexity index is 286. The molecule has 1 rings (SSSR count). The topological polar surface area (TPSA) is 24.9 Å². The van der Waals surface area contributed by atoms with Crippen molar-refractivity contribution in [3.63, 3.8) is 0 Å². The van der Waals surface area contributed by atoms with Crippen molar-refractivity contribution in [3.8, 4) is 0 Å². The Morgan fingerprint density at radius 1 is 1.50 bits per heavy atom. The predicted molar refractivity (Wildman–Crippen MR) is 61.8 cm³/mol. The van der Waals surface area contributed by atoms with Crippen molar-refractivity contribution < 1.29 is 0 Å². The molecule has 0 aliphatic rings. The fourth-order valence-electron chi connectivity index (χ4n) is 1.42. The van der Waals surface area contributed by atoms with Crippen LogP contribution in [0.15, 0.2) is 18.5 Å². The normalized spacial score (nSPS) is 12.9. The summed E-state index contributed by atoms with van der Waals surface area (Å²) >= 11 is 6.03. The number of halogens is 1. The van der Waals surface area contributed by atoms with E-state index in [1.54, 1.807) is 18.5 Å². The molecule has 1 aromatic heterocycles. The molecule has 0 aliphatic heterocycles. The highest BCUT2D eigenvalue weighted by molar-refractivity contribution is 6.33. The quantitative estimate of drug-likeness (QED) is 0.825. The molecule has 0 bridgehead atoms. The van der Waals surface area contributed by atoms with Crippen molar-refractivity contribution in [1.29, 1.82) is 0 Å². The molecule has 3 heteroatoms. The molecule has 0 saturated carbocycles. The molecule has 1 heterocycles. The van der Waals surface area contributed by atoms with Gasteiger partial charge in [0.15, 0.2) is 0 Å². The Morgan fingerprint density at radius 3 is 2.71 bits per heavy atom.